The van der Waals surface area contributed by atoms with Gasteiger partial charge in [0.1, 0.15) is 22.7 Å². The fraction of sp³-hybridized carbons (Fsp3) is 0.429. The molecule has 2 aliphatic rings. The minimum Gasteiger partial charge on any atom is -0.463 e. The lowest BCUT2D eigenvalue weighted by Gasteiger charge is -2.45. The Kier molecular flexibility index (Phi) is 15.6. The van der Waals surface area contributed by atoms with Crippen LogP contribution in [0.4, 0.5) is 0 Å². The second-order valence-electron chi connectivity index (χ2n) is 14.6. The van der Waals surface area contributed by atoms with Crippen LogP contribution in [0.1, 0.15) is 65.7 Å². The normalized spacial score (nSPS) is 26.7. The van der Waals surface area contributed by atoms with E-state index >= 15 is 0 Å². The Morgan fingerprint density at radius 1 is 0.576 bits per heavy atom. The van der Waals surface area contributed by atoms with Gasteiger partial charge in [0.25, 0.3) is 0 Å². The highest BCUT2D eigenvalue weighted by Crippen LogP contribution is 2.35. The van der Waals surface area contributed by atoms with Crippen molar-refractivity contribution in [2.24, 2.45) is 5.41 Å². The number of benzene rings is 3. The number of alkyl halides is 1. The van der Waals surface area contributed by atoms with Gasteiger partial charge in [0.05, 0.1) is 28.7 Å². The maximum atomic E-state index is 13.7. The molecular weight excluding hydrogens is 887 g/mol. The molecule has 2 heterocycles. The molecule has 1 N–H and O–H groups in total. The predicted molar refractivity (Wildman–Crippen MR) is 212 cm³/mol. The number of carbonyl (C=O) groups is 6. The summed E-state index contributed by atoms with van der Waals surface area (Å²) in [5.74, 6) is -4.71. The smallest absolute Gasteiger partial charge is 0.338 e. The molecular formula is C42H45IO16. The third-order valence-corrected chi connectivity index (χ3v) is 10.3. The second-order valence-corrected chi connectivity index (χ2v) is 16.0. The van der Waals surface area contributed by atoms with Crippen LogP contribution in [0.5, 0.6) is 0 Å². The predicted octanol–water partition coefficient (Wildman–Crippen LogP) is 4.38. The van der Waals surface area contributed by atoms with Crippen molar-refractivity contribution < 1.29 is 76.5 Å². The Morgan fingerprint density at radius 3 is 1.47 bits per heavy atom. The monoisotopic (exact) mass is 932 g/mol. The van der Waals surface area contributed by atoms with Gasteiger partial charge in [-0.1, -0.05) is 77.2 Å². The van der Waals surface area contributed by atoms with Crippen molar-refractivity contribution in [3.63, 3.8) is 0 Å². The first kappa shape index (κ1) is 45.1. The molecule has 3 aromatic rings. The summed E-state index contributed by atoms with van der Waals surface area (Å²) in [5.41, 5.74) is -0.653. The zero-order valence-electron chi connectivity index (χ0n) is 32.8. The summed E-state index contributed by atoms with van der Waals surface area (Å²) in [5, 5.41) is 11.5. The van der Waals surface area contributed by atoms with Crippen molar-refractivity contribution in [3.8, 4) is 0 Å². The van der Waals surface area contributed by atoms with E-state index in [0.717, 1.165) is 0 Å². The van der Waals surface area contributed by atoms with E-state index in [2.05, 4.69) is 0 Å². The molecule has 0 aliphatic carbocycles. The molecule has 2 fully saturated rings. The minimum absolute atomic E-state index is 0.1000. The minimum atomic E-state index is -1.97. The maximum absolute atomic E-state index is 13.7. The van der Waals surface area contributed by atoms with Gasteiger partial charge in [-0.3, -0.25) is 14.4 Å². The molecule has 5 rings (SSSR count). The van der Waals surface area contributed by atoms with Gasteiger partial charge in [0, 0.05) is 13.8 Å². The van der Waals surface area contributed by atoms with Crippen LogP contribution in [0.25, 0.3) is 0 Å². The van der Waals surface area contributed by atoms with Crippen molar-refractivity contribution in [1.82, 2.24) is 0 Å². The molecule has 3 aromatic carbocycles. The van der Waals surface area contributed by atoms with Crippen molar-refractivity contribution in [3.05, 3.63) is 108 Å². The first-order valence-corrected chi connectivity index (χ1v) is 19.8. The Morgan fingerprint density at radius 2 is 1.02 bits per heavy atom. The Labute approximate surface area is 353 Å². The quantitative estimate of drug-likeness (QED) is 0.109. The molecule has 0 saturated carbocycles. The van der Waals surface area contributed by atoms with E-state index in [9.17, 15) is 33.9 Å². The number of hydrogen-bond donors (Lipinski definition) is 1. The van der Waals surface area contributed by atoms with E-state index in [1.165, 1.54) is 50.2 Å². The maximum Gasteiger partial charge on any atom is 0.338 e. The van der Waals surface area contributed by atoms with Crippen LogP contribution in [0.2, 0.25) is 0 Å². The van der Waals surface area contributed by atoms with Gasteiger partial charge in [0.2, 0.25) is 0 Å². The van der Waals surface area contributed by atoms with Crippen LogP contribution in [0.3, 0.4) is 0 Å². The molecule has 0 spiro atoms. The highest BCUT2D eigenvalue weighted by molar-refractivity contribution is 14.1. The standard InChI is InChI=1S/C42H45IO16/c1-23(44)51-21-29-31(59-41(50)42(3,4)5)33(53-24(2)45)30(43)40(55-29)52-22-28-32(56-36(46)25-15-9-6-10-16-25)34(57-37(47)26-17-11-7-12-18-26)35(39(49)54-28)58-38(48)27-19-13-8-14-20-27/h6-20,28-35,39-40,49H,21-22H2,1-5H3/t28-,29-,30-,31-,32-,33-,34+,35-,39+,40-/m1/s1. The molecule has 2 aliphatic heterocycles. The molecule has 0 radical (unpaired) electrons. The zero-order valence-corrected chi connectivity index (χ0v) is 35.0. The number of hydrogen-bond acceptors (Lipinski definition) is 16. The summed E-state index contributed by atoms with van der Waals surface area (Å²) in [6.07, 6.45) is -13.4. The summed E-state index contributed by atoms with van der Waals surface area (Å²) in [6.45, 7) is 6.25. The van der Waals surface area contributed by atoms with E-state index in [1.807, 2.05) is 22.6 Å². The van der Waals surface area contributed by atoms with E-state index in [0.29, 0.717) is 0 Å². The van der Waals surface area contributed by atoms with Gasteiger partial charge in [-0.25, -0.2) is 14.4 Å². The topological polar surface area (TPSA) is 206 Å². The number of aliphatic hydroxyl groups is 1. The fourth-order valence-electron chi connectivity index (χ4n) is 6.02. The molecule has 0 amide bonds. The summed E-state index contributed by atoms with van der Waals surface area (Å²) < 4.78 is 51.8. The molecule has 0 unspecified atom stereocenters. The van der Waals surface area contributed by atoms with E-state index < -0.39 is 114 Å². The number of esters is 6. The van der Waals surface area contributed by atoms with Crippen LogP contribution in [-0.2, 0) is 57.0 Å². The van der Waals surface area contributed by atoms with Crippen LogP contribution in [0, 0.1) is 5.41 Å². The lowest BCUT2D eigenvalue weighted by molar-refractivity contribution is -0.305. The molecule has 16 nitrogen and oxygen atoms in total. The lowest BCUT2D eigenvalue weighted by Crippen LogP contribution is -2.63. The second kappa shape index (κ2) is 20.3. The summed E-state index contributed by atoms with van der Waals surface area (Å²) in [7, 11) is 0. The number of ether oxygens (including phenoxy) is 9. The van der Waals surface area contributed by atoms with Crippen LogP contribution in [-0.4, -0.2) is 113 Å². The van der Waals surface area contributed by atoms with Gasteiger partial charge in [-0.15, -0.1) is 0 Å². The van der Waals surface area contributed by atoms with Crippen molar-refractivity contribution in [1.29, 1.82) is 0 Å². The highest BCUT2D eigenvalue weighted by Gasteiger charge is 2.54. The molecule has 316 valence electrons. The van der Waals surface area contributed by atoms with Crippen LogP contribution < -0.4 is 0 Å². The SMILES string of the molecule is CC(=O)OC[C@H]1O[C@@H](OC[C@H]2O[C@H](O)[C@H](OC(=O)c3ccccc3)[C@@H](OC(=O)c3ccccc3)[C@@H]2OC(=O)c2ccccc2)[C@H](I)[C@@H](OC(C)=O)[C@@H]1OC(=O)C(C)(C)C. The first-order valence-electron chi connectivity index (χ1n) is 18.6. The molecule has 59 heavy (non-hydrogen) atoms. The van der Waals surface area contributed by atoms with Gasteiger partial charge in [-0.2, -0.15) is 0 Å². The fourth-order valence-corrected chi connectivity index (χ4v) is 6.96. The molecule has 0 bridgehead atoms. The van der Waals surface area contributed by atoms with E-state index in [4.69, 9.17) is 42.6 Å². The Hall–Kier alpha value is -4.95. The highest BCUT2D eigenvalue weighted by atomic mass is 127. The summed E-state index contributed by atoms with van der Waals surface area (Å²) >= 11 is 1.90. The van der Waals surface area contributed by atoms with Gasteiger partial charge >= 0.3 is 35.8 Å². The molecule has 2 saturated heterocycles. The lowest BCUT2D eigenvalue weighted by atomic mass is 9.96. The third-order valence-electron chi connectivity index (χ3n) is 8.97. The third kappa shape index (κ3) is 12.1. The Bertz CT molecular complexity index is 1920. The number of aliphatic hydroxyl groups excluding tert-OH is 1. The van der Waals surface area contributed by atoms with E-state index in [-0.39, 0.29) is 16.7 Å². The van der Waals surface area contributed by atoms with Gasteiger partial charge in [0.15, 0.2) is 43.1 Å². The van der Waals surface area contributed by atoms with E-state index in [1.54, 1.807) is 75.4 Å². The average Bonchev–Trinajstić information content (AvgIpc) is 3.21. The largest absolute Gasteiger partial charge is 0.463 e. The summed E-state index contributed by atoms with van der Waals surface area (Å²) in [4.78, 5) is 78.0. The Balaban J connectivity index is 1.49. The number of rotatable bonds is 13. The van der Waals surface area contributed by atoms with Crippen molar-refractivity contribution in [2.75, 3.05) is 13.2 Å². The number of halogens is 1. The van der Waals surface area contributed by atoms with Crippen molar-refractivity contribution in [2.45, 2.75) is 93.9 Å². The molecule has 0 aromatic heterocycles. The number of carbonyl (C=O) groups excluding carboxylic acids is 6. The first-order chi connectivity index (χ1) is 28.0. The molecule has 17 heteroatoms. The van der Waals surface area contributed by atoms with Gasteiger partial charge < -0.3 is 47.7 Å². The summed E-state index contributed by atoms with van der Waals surface area (Å²) in [6, 6.07) is 23.6. The van der Waals surface area contributed by atoms with Crippen molar-refractivity contribution >= 4 is 58.4 Å². The van der Waals surface area contributed by atoms with Gasteiger partial charge in [-0.05, 0) is 57.2 Å². The zero-order chi connectivity index (χ0) is 42.9. The van der Waals surface area contributed by atoms with Crippen LogP contribution in [0.15, 0.2) is 91.0 Å². The van der Waals surface area contributed by atoms with Crippen LogP contribution >= 0.6 is 22.6 Å². The average molecular weight is 933 g/mol. The molecule has 10 atom stereocenters.